The Morgan fingerprint density at radius 2 is 1.68 bits per heavy atom. The van der Waals surface area contributed by atoms with Crippen molar-refractivity contribution in [3.05, 3.63) is 72.6 Å². The van der Waals surface area contributed by atoms with Gasteiger partial charge in [-0.1, -0.05) is 18.2 Å². The Morgan fingerprint density at radius 1 is 1.00 bits per heavy atom. The van der Waals surface area contributed by atoms with Crippen molar-refractivity contribution in [3.63, 3.8) is 0 Å². The average Bonchev–Trinajstić information content (AvgIpc) is 2.55. The molecule has 2 aromatic carbocycles. The summed E-state index contributed by atoms with van der Waals surface area (Å²) in [6.45, 7) is 0.331. The molecule has 0 aliphatic heterocycles. The summed E-state index contributed by atoms with van der Waals surface area (Å²) in [6, 6.07) is 17.3. The number of halogens is 1. The van der Waals surface area contributed by atoms with Crippen molar-refractivity contribution < 1.29 is 38.1 Å². The third kappa shape index (κ3) is 3.62. The lowest BCUT2D eigenvalue weighted by molar-refractivity contribution is -0.681. The number of benzene rings is 2. The molecule has 112 valence electrons. The lowest BCUT2D eigenvalue weighted by Gasteiger charge is -2.02. The maximum atomic E-state index is 12.3. The van der Waals surface area contributed by atoms with Gasteiger partial charge in [-0.25, -0.2) is 0 Å². The second-order valence-corrected chi connectivity index (χ2v) is 4.90. The van der Waals surface area contributed by atoms with Crippen LogP contribution in [0, 0.1) is 0 Å². The number of methoxy groups -OCH3 is 1. The van der Waals surface area contributed by atoms with Gasteiger partial charge in [0.25, 0.3) is 0 Å². The van der Waals surface area contributed by atoms with Crippen LogP contribution in [0.4, 0.5) is 0 Å². The second-order valence-electron chi connectivity index (χ2n) is 4.90. The first-order chi connectivity index (χ1) is 10.3. The number of carbonyl (C=O) groups excluding carboxylic acids is 1. The van der Waals surface area contributed by atoms with Crippen LogP contribution in [0.3, 0.4) is 0 Å². The third-order valence-electron chi connectivity index (χ3n) is 3.48. The smallest absolute Gasteiger partial charge is 0.227 e. The Labute approximate surface area is 146 Å². The number of pyridine rings is 1. The monoisotopic (exact) mass is 405 g/mol. The molecule has 0 aliphatic carbocycles. The number of rotatable bonds is 4. The second kappa shape index (κ2) is 7.35. The molecule has 3 rings (SSSR count). The van der Waals surface area contributed by atoms with Crippen molar-refractivity contribution in [2.24, 2.45) is 0 Å². The lowest BCUT2D eigenvalue weighted by Crippen LogP contribution is -3.00. The number of carbonyl (C=O) groups is 1. The van der Waals surface area contributed by atoms with Gasteiger partial charge in [-0.2, -0.15) is 4.57 Å². The molecular formula is C18H16INO2. The fourth-order valence-electron chi connectivity index (χ4n) is 2.31. The van der Waals surface area contributed by atoms with Gasteiger partial charge in [-0.15, -0.1) is 0 Å². The van der Waals surface area contributed by atoms with E-state index in [1.165, 1.54) is 5.39 Å². The zero-order chi connectivity index (χ0) is 14.7. The van der Waals surface area contributed by atoms with Gasteiger partial charge in [-0.3, -0.25) is 4.79 Å². The molecule has 4 heteroatoms. The molecule has 0 radical (unpaired) electrons. The van der Waals surface area contributed by atoms with Crippen LogP contribution in [-0.4, -0.2) is 12.9 Å². The van der Waals surface area contributed by atoms with Crippen LogP contribution in [0.1, 0.15) is 10.4 Å². The van der Waals surface area contributed by atoms with Gasteiger partial charge >= 0.3 is 0 Å². The first-order valence-electron chi connectivity index (χ1n) is 6.81. The standard InChI is InChI=1S/C18H16NO2.HI/c1-21-17-8-6-15(7-9-17)18(20)13-19-11-10-14-4-2-3-5-16(14)12-19;/h2-12H,13H2,1H3;1H/q+1;/p-1. The largest absolute Gasteiger partial charge is 1.00 e. The van der Waals surface area contributed by atoms with Crippen LogP contribution in [0.25, 0.3) is 10.8 Å². The highest BCUT2D eigenvalue weighted by Gasteiger charge is 2.12. The molecule has 0 unspecified atom stereocenters. The van der Waals surface area contributed by atoms with Crippen molar-refractivity contribution in [3.8, 4) is 5.75 Å². The Morgan fingerprint density at radius 3 is 2.36 bits per heavy atom. The predicted molar refractivity (Wildman–Crippen MR) is 81.5 cm³/mol. The van der Waals surface area contributed by atoms with Crippen LogP contribution >= 0.6 is 0 Å². The third-order valence-corrected chi connectivity index (χ3v) is 3.48. The van der Waals surface area contributed by atoms with Crippen LogP contribution < -0.4 is 33.3 Å². The summed E-state index contributed by atoms with van der Waals surface area (Å²) in [5.74, 6) is 0.836. The van der Waals surface area contributed by atoms with Crippen LogP contribution in [0.2, 0.25) is 0 Å². The van der Waals surface area contributed by atoms with Gasteiger partial charge in [-0.05, 0) is 35.7 Å². The van der Waals surface area contributed by atoms with E-state index in [2.05, 4.69) is 6.07 Å². The highest BCUT2D eigenvalue weighted by molar-refractivity contribution is 5.95. The van der Waals surface area contributed by atoms with Crippen molar-refractivity contribution in [1.82, 2.24) is 0 Å². The number of ether oxygens (including phenoxy) is 1. The summed E-state index contributed by atoms with van der Waals surface area (Å²) >= 11 is 0. The number of Topliss-reactive ketones (excluding diaryl/α,β-unsaturated/α-hetero) is 1. The number of fused-ring (bicyclic) bond motifs is 1. The summed E-state index contributed by atoms with van der Waals surface area (Å²) in [4.78, 5) is 12.3. The molecule has 0 bridgehead atoms. The lowest BCUT2D eigenvalue weighted by atomic mass is 10.1. The summed E-state index contributed by atoms with van der Waals surface area (Å²) in [5, 5.41) is 2.30. The highest BCUT2D eigenvalue weighted by atomic mass is 127. The van der Waals surface area contributed by atoms with E-state index >= 15 is 0 Å². The molecule has 0 fully saturated rings. The molecule has 3 aromatic rings. The van der Waals surface area contributed by atoms with Crippen molar-refractivity contribution >= 4 is 16.6 Å². The minimum absolute atomic E-state index is 0. The zero-order valence-electron chi connectivity index (χ0n) is 12.2. The van der Waals surface area contributed by atoms with Crippen LogP contribution in [-0.2, 0) is 6.54 Å². The average molecular weight is 405 g/mol. The van der Waals surface area contributed by atoms with Crippen molar-refractivity contribution in [1.29, 1.82) is 0 Å². The van der Waals surface area contributed by atoms with Crippen LogP contribution in [0.15, 0.2) is 67.0 Å². The molecule has 0 spiro atoms. The van der Waals surface area contributed by atoms with Crippen molar-refractivity contribution in [2.75, 3.05) is 7.11 Å². The van der Waals surface area contributed by atoms with E-state index in [1.54, 1.807) is 31.4 Å². The van der Waals surface area contributed by atoms with E-state index in [0.29, 0.717) is 12.1 Å². The SMILES string of the molecule is COc1ccc(C(=O)C[n+]2ccc3ccccc3c2)cc1.[I-]. The number of hydrogen-bond donors (Lipinski definition) is 0. The van der Waals surface area contributed by atoms with Gasteiger partial charge in [0.2, 0.25) is 12.3 Å². The summed E-state index contributed by atoms with van der Waals surface area (Å²) in [5.41, 5.74) is 0.691. The Hall–Kier alpha value is -1.95. The highest BCUT2D eigenvalue weighted by Crippen LogP contribution is 2.12. The summed E-state index contributed by atoms with van der Waals surface area (Å²) in [6.07, 6.45) is 3.93. The van der Waals surface area contributed by atoms with Crippen LogP contribution in [0.5, 0.6) is 5.75 Å². The minimum atomic E-state index is 0. The Bertz CT molecular complexity index is 784. The number of aromatic nitrogens is 1. The fourth-order valence-corrected chi connectivity index (χ4v) is 2.31. The number of hydrogen-bond acceptors (Lipinski definition) is 2. The maximum Gasteiger partial charge on any atom is 0.227 e. The molecular weight excluding hydrogens is 389 g/mol. The molecule has 22 heavy (non-hydrogen) atoms. The van der Waals surface area contributed by atoms with Gasteiger partial charge in [0.05, 0.1) is 7.11 Å². The molecule has 0 N–H and O–H groups in total. The Balaban J connectivity index is 0.00000176. The summed E-state index contributed by atoms with van der Waals surface area (Å²) in [7, 11) is 1.61. The molecule has 0 aliphatic rings. The fraction of sp³-hybridized carbons (Fsp3) is 0.111. The van der Waals surface area contributed by atoms with Crippen molar-refractivity contribution in [2.45, 2.75) is 6.54 Å². The molecule has 0 saturated heterocycles. The maximum absolute atomic E-state index is 12.3. The van der Waals surface area contributed by atoms with E-state index in [-0.39, 0.29) is 29.8 Å². The first-order valence-corrected chi connectivity index (χ1v) is 6.81. The number of ketones is 1. The quantitative estimate of drug-likeness (QED) is 0.348. The molecule has 0 atom stereocenters. The number of nitrogens with zero attached hydrogens (tertiary/aromatic N) is 1. The van der Waals surface area contributed by atoms with E-state index in [1.807, 2.05) is 41.2 Å². The van der Waals surface area contributed by atoms with Gasteiger partial charge < -0.3 is 28.7 Å². The molecule has 1 aromatic heterocycles. The van der Waals surface area contributed by atoms with E-state index in [4.69, 9.17) is 4.74 Å². The van der Waals surface area contributed by atoms with Gasteiger partial charge in [0, 0.05) is 17.0 Å². The topological polar surface area (TPSA) is 30.2 Å². The van der Waals surface area contributed by atoms with Gasteiger partial charge in [0.15, 0.2) is 12.4 Å². The zero-order valence-corrected chi connectivity index (χ0v) is 14.4. The normalized spacial score (nSPS) is 10.0. The van der Waals surface area contributed by atoms with E-state index < -0.39 is 0 Å². The van der Waals surface area contributed by atoms with Gasteiger partial charge in [0.1, 0.15) is 5.75 Å². The molecule has 3 nitrogen and oxygen atoms in total. The molecule has 0 amide bonds. The summed E-state index contributed by atoms with van der Waals surface area (Å²) < 4.78 is 7.01. The van der Waals surface area contributed by atoms with E-state index in [0.717, 1.165) is 11.1 Å². The molecule has 0 saturated carbocycles. The first kappa shape index (κ1) is 16.4. The van der Waals surface area contributed by atoms with E-state index in [9.17, 15) is 4.79 Å². The minimum Gasteiger partial charge on any atom is -1.00 e. The Kier molecular flexibility index (Phi) is 5.49. The predicted octanol–water partition coefficient (Wildman–Crippen LogP) is 0.0228. The molecule has 1 heterocycles.